The van der Waals surface area contributed by atoms with E-state index in [4.69, 9.17) is 0 Å². The number of hydrogen-bond acceptors (Lipinski definition) is 3. The summed E-state index contributed by atoms with van der Waals surface area (Å²) in [6.45, 7) is 7.55. The predicted octanol–water partition coefficient (Wildman–Crippen LogP) is 2.61. The van der Waals surface area contributed by atoms with Gasteiger partial charge in [0.05, 0.1) is 0 Å². The molecule has 0 fully saturated rings. The van der Waals surface area contributed by atoms with Crippen LogP contribution in [0.2, 0.25) is 0 Å². The Morgan fingerprint density at radius 2 is 1.52 bits per heavy atom. The van der Waals surface area contributed by atoms with Crippen LogP contribution in [-0.2, 0) is 9.59 Å². The van der Waals surface area contributed by atoms with Gasteiger partial charge in [-0.2, -0.15) is 0 Å². The largest absolute Gasteiger partial charge is 0.326 e. The molecule has 0 aliphatic rings. The Hall–Kier alpha value is -1.88. The summed E-state index contributed by atoms with van der Waals surface area (Å²) >= 11 is 0. The molecule has 0 aromatic heterocycles. The van der Waals surface area contributed by atoms with Gasteiger partial charge in [0.1, 0.15) is 0 Å². The molecular weight excluding hydrogens is 266 g/mol. The summed E-state index contributed by atoms with van der Waals surface area (Å²) in [7, 11) is 0. The molecule has 0 heterocycles. The smallest absolute Gasteiger partial charge is 0.225 e. The number of benzene rings is 1. The van der Waals surface area contributed by atoms with Gasteiger partial charge in [0.25, 0.3) is 0 Å². The van der Waals surface area contributed by atoms with Gasteiger partial charge in [-0.25, -0.2) is 0 Å². The van der Waals surface area contributed by atoms with Crippen LogP contribution >= 0.6 is 0 Å². The van der Waals surface area contributed by atoms with Crippen LogP contribution in [0.4, 0.5) is 11.4 Å². The van der Waals surface area contributed by atoms with Crippen LogP contribution in [0.25, 0.3) is 0 Å². The lowest BCUT2D eigenvalue weighted by Crippen LogP contribution is -2.21. The average Bonchev–Trinajstić information content (AvgIpc) is 2.40. The minimum Gasteiger partial charge on any atom is -0.326 e. The number of carbonyl (C=O) groups excluding carboxylic acids is 2. The van der Waals surface area contributed by atoms with Crippen molar-refractivity contribution in [1.82, 2.24) is 5.32 Å². The number of carbonyl (C=O) groups is 2. The first kappa shape index (κ1) is 17.2. The first-order chi connectivity index (χ1) is 10.0. The van der Waals surface area contributed by atoms with Gasteiger partial charge in [0, 0.05) is 30.8 Å². The fraction of sp³-hybridized carbons (Fsp3) is 0.500. The van der Waals surface area contributed by atoms with E-state index in [1.807, 2.05) is 20.8 Å². The van der Waals surface area contributed by atoms with Gasteiger partial charge in [0.15, 0.2) is 0 Å². The van der Waals surface area contributed by atoms with E-state index in [1.165, 1.54) is 0 Å². The van der Waals surface area contributed by atoms with Crippen LogP contribution < -0.4 is 16.0 Å². The van der Waals surface area contributed by atoms with Gasteiger partial charge in [-0.1, -0.05) is 20.8 Å². The highest BCUT2D eigenvalue weighted by molar-refractivity contribution is 5.93. The SMILES string of the molecule is CCNCCC(=O)Nc1ccc(NC(=O)CC(C)C)cc1. The molecule has 0 atom stereocenters. The lowest BCUT2D eigenvalue weighted by molar-refractivity contribution is -0.117. The molecule has 21 heavy (non-hydrogen) atoms. The van der Waals surface area contributed by atoms with Crippen molar-refractivity contribution in [2.45, 2.75) is 33.6 Å². The van der Waals surface area contributed by atoms with E-state index in [-0.39, 0.29) is 11.8 Å². The summed E-state index contributed by atoms with van der Waals surface area (Å²) in [5, 5.41) is 8.76. The number of anilines is 2. The molecule has 0 aliphatic heterocycles. The van der Waals surface area contributed by atoms with Gasteiger partial charge < -0.3 is 16.0 Å². The molecule has 0 unspecified atom stereocenters. The second kappa shape index (κ2) is 9.13. The lowest BCUT2D eigenvalue weighted by Gasteiger charge is -2.09. The zero-order valence-electron chi connectivity index (χ0n) is 13.0. The third kappa shape index (κ3) is 7.46. The molecule has 1 aromatic rings. The van der Waals surface area contributed by atoms with E-state index in [1.54, 1.807) is 24.3 Å². The maximum absolute atomic E-state index is 11.7. The van der Waals surface area contributed by atoms with E-state index < -0.39 is 0 Å². The Morgan fingerprint density at radius 1 is 1.00 bits per heavy atom. The molecule has 0 saturated carbocycles. The second-order valence-corrected chi connectivity index (χ2v) is 5.38. The summed E-state index contributed by atoms with van der Waals surface area (Å²) in [5.74, 6) is 0.320. The summed E-state index contributed by atoms with van der Waals surface area (Å²) in [4.78, 5) is 23.3. The molecule has 5 heteroatoms. The molecule has 116 valence electrons. The minimum absolute atomic E-state index is 0.00688. The van der Waals surface area contributed by atoms with Crippen molar-refractivity contribution < 1.29 is 9.59 Å². The topological polar surface area (TPSA) is 70.2 Å². The molecule has 0 aliphatic carbocycles. The first-order valence-corrected chi connectivity index (χ1v) is 7.41. The molecular formula is C16H25N3O2. The highest BCUT2D eigenvalue weighted by Crippen LogP contribution is 2.14. The number of nitrogens with one attached hydrogen (secondary N) is 3. The summed E-state index contributed by atoms with van der Waals surface area (Å²) in [5.41, 5.74) is 1.48. The normalized spacial score (nSPS) is 10.5. The molecule has 0 radical (unpaired) electrons. The van der Waals surface area contributed by atoms with Gasteiger partial charge >= 0.3 is 0 Å². The van der Waals surface area contributed by atoms with Crippen LogP contribution in [0.5, 0.6) is 0 Å². The molecule has 0 bridgehead atoms. The Morgan fingerprint density at radius 3 is 2.00 bits per heavy atom. The van der Waals surface area contributed by atoms with Crippen molar-refractivity contribution in [3.8, 4) is 0 Å². The zero-order chi connectivity index (χ0) is 15.7. The maximum Gasteiger partial charge on any atom is 0.225 e. The monoisotopic (exact) mass is 291 g/mol. The van der Waals surface area contributed by atoms with Gasteiger partial charge in [-0.3, -0.25) is 9.59 Å². The maximum atomic E-state index is 11.7. The molecule has 5 nitrogen and oxygen atoms in total. The molecule has 1 aromatic carbocycles. The molecule has 1 rings (SSSR count). The molecule has 0 saturated heterocycles. The lowest BCUT2D eigenvalue weighted by atomic mass is 10.1. The minimum atomic E-state index is -0.0208. The fourth-order valence-electron chi connectivity index (χ4n) is 1.82. The average molecular weight is 291 g/mol. The zero-order valence-corrected chi connectivity index (χ0v) is 13.0. The number of hydrogen-bond donors (Lipinski definition) is 3. The van der Waals surface area contributed by atoms with Gasteiger partial charge in [-0.05, 0) is 36.7 Å². The quantitative estimate of drug-likeness (QED) is 0.645. The van der Waals surface area contributed by atoms with E-state index in [2.05, 4.69) is 16.0 Å². The molecule has 3 N–H and O–H groups in total. The molecule has 0 spiro atoms. The summed E-state index contributed by atoms with van der Waals surface area (Å²) in [6.07, 6.45) is 0.948. The third-order valence-electron chi connectivity index (χ3n) is 2.82. The predicted molar refractivity (Wildman–Crippen MR) is 86.3 cm³/mol. The van der Waals surface area contributed by atoms with Crippen LogP contribution in [0.15, 0.2) is 24.3 Å². The Balaban J connectivity index is 2.43. The number of amides is 2. The molecule has 2 amide bonds. The second-order valence-electron chi connectivity index (χ2n) is 5.38. The van der Waals surface area contributed by atoms with Crippen molar-refractivity contribution in [1.29, 1.82) is 0 Å². The summed E-state index contributed by atoms with van der Waals surface area (Å²) < 4.78 is 0. The standard InChI is InChI=1S/C16H25N3O2/c1-4-17-10-9-15(20)18-13-5-7-14(8-6-13)19-16(21)11-12(2)3/h5-8,12,17H,4,9-11H2,1-3H3,(H,18,20)(H,19,21). The van der Waals surface area contributed by atoms with E-state index in [0.29, 0.717) is 25.3 Å². The van der Waals surface area contributed by atoms with Gasteiger partial charge in [-0.15, -0.1) is 0 Å². The van der Waals surface area contributed by atoms with Crippen molar-refractivity contribution in [2.75, 3.05) is 23.7 Å². The van der Waals surface area contributed by atoms with E-state index in [0.717, 1.165) is 17.9 Å². The van der Waals surface area contributed by atoms with Crippen molar-refractivity contribution in [2.24, 2.45) is 5.92 Å². The van der Waals surface area contributed by atoms with Crippen molar-refractivity contribution in [3.05, 3.63) is 24.3 Å². The summed E-state index contributed by atoms with van der Waals surface area (Å²) in [6, 6.07) is 7.16. The Kier molecular flexibility index (Phi) is 7.46. The highest BCUT2D eigenvalue weighted by atomic mass is 16.2. The fourth-order valence-corrected chi connectivity index (χ4v) is 1.82. The van der Waals surface area contributed by atoms with E-state index in [9.17, 15) is 9.59 Å². The van der Waals surface area contributed by atoms with Crippen LogP contribution in [-0.4, -0.2) is 24.9 Å². The van der Waals surface area contributed by atoms with Crippen LogP contribution in [0.1, 0.15) is 33.6 Å². The first-order valence-electron chi connectivity index (χ1n) is 7.41. The van der Waals surface area contributed by atoms with Crippen molar-refractivity contribution in [3.63, 3.8) is 0 Å². The van der Waals surface area contributed by atoms with Crippen LogP contribution in [0.3, 0.4) is 0 Å². The van der Waals surface area contributed by atoms with E-state index >= 15 is 0 Å². The van der Waals surface area contributed by atoms with Crippen LogP contribution in [0, 0.1) is 5.92 Å². The third-order valence-corrected chi connectivity index (χ3v) is 2.82. The van der Waals surface area contributed by atoms with Gasteiger partial charge in [0.2, 0.25) is 11.8 Å². The Bertz CT molecular complexity index is 455. The Labute approximate surface area is 126 Å². The highest BCUT2D eigenvalue weighted by Gasteiger charge is 2.06. The van der Waals surface area contributed by atoms with Crippen molar-refractivity contribution >= 4 is 23.2 Å². The number of rotatable bonds is 8.